The van der Waals surface area contributed by atoms with Crippen LogP contribution in [0, 0.1) is 3.57 Å². The number of rotatable bonds is 5. The first-order chi connectivity index (χ1) is 16.1. The number of fused-ring (bicyclic) bond motifs is 1. The molecule has 1 heterocycles. The van der Waals surface area contributed by atoms with Crippen molar-refractivity contribution in [2.24, 2.45) is 5.10 Å². The largest absolute Gasteiger partial charge is 0.488 e. The molecule has 0 atom stereocenters. The maximum Gasteiger partial charge on any atom is 0.282 e. The maximum absolute atomic E-state index is 13.3. The van der Waals surface area contributed by atoms with Gasteiger partial charge in [0.05, 0.1) is 20.7 Å². The van der Waals surface area contributed by atoms with Crippen LogP contribution in [0.3, 0.4) is 0 Å². The molecule has 0 amide bonds. The minimum atomic E-state index is -0.369. The highest BCUT2D eigenvalue weighted by atomic mass is 127. The third-order valence-corrected chi connectivity index (χ3v) is 6.65. The van der Waals surface area contributed by atoms with Crippen LogP contribution in [0.5, 0.6) is 5.75 Å². The molecule has 0 spiro atoms. The van der Waals surface area contributed by atoms with Gasteiger partial charge in [-0.3, -0.25) is 4.79 Å². The van der Waals surface area contributed by atoms with E-state index in [-0.39, 0.29) is 11.0 Å². The molecule has 4 aromatic rings. The van der Waals surface area contributed by atoms with Gasteiger partial charge in [-0.05, 0) is 82.2 Å². The number of hydrogen-bond acceptors (Lipinski definition) is 4. The zero-order chi connectivity index (χ0) is 24.5. The van der Waals surface area contributed by atoms with E-state index in [9.17, 15) is 4.79 Å². The van der Waals surface area contributed by atoms with Gasteiger partial charge in [0.1, 0.15) is 18.2 Å². The van der Waals surface area contributed by atoms with E-state index in [0.717, 1.165) is 24.9 Å². The van der Waals surface area contributed by atoms with Crippen LogP contribution in [0.2, 0.25) is 5.02 Å². The van der Waals surface area contributed by atoms with Crippen LogP contribution in [-0.4, -0.2) is 15.9 Å². The molecule has 0 radical (unpaired) electrons. The monoisotopic (exact) mass is 649 g/mol. The molecule has 5 nitrogen and oxygen atoms in total. The highest BCUT2D eigenvalue weighted by Crippen LogP contribution is 2.25. The van der Waals surface area contributed by atoms with E-state index in [4.69, 9.17) is 21.3 Å². The molecule has 0 bridgehead atoms. The minimum Gasteiger partial charge on any atom is -0.488 e. The van der Waals surface area contributed by atoms with Crippen molar-refractivity contribution in [1.29, 1.82) is 0 Å². The SMILES string of the molecule is CC(C)(C)c1nc2ccc(Br)cc2c(=O)n1N=Cc1ccc(OCc2ccc(Cl)cc2)c(I)c1. The molecule has 8 heteroatoms. The van der Waals surface area contributed by atoms with Gasteiger partial charge in [0, 0.05) is 14.9 Å². The summed E-state index contributed by atoms with van der Waals surface area (Å²) in [6.45, 7) is 6.49. The molecule has 0 fully saturated rings. The quantitative estimate of drug-likeness (QED) is 0.170. The Kier molecular flexibility index (Phi) is 7.45. The Bertz CT molecular complexity index is 1440. The molecule has 0 aliphatic rings. The van der Waals surface area contributed by atoms with Crippen LogP contribution >= 0.6 is 50.1 Å². The summed E-state index contributed by atoms with van der Waals surface area (Å²) in [5, 5.41) is 5.75. The Hall–Kier alpha value is -2.23. The molecule has 4 rings (SSSR count). The second-order valence-corrected chi connectivity index (χ2v) is 11.3. The van der Waals surface area contributed by atoms with Crippen molar-refractivity contribution in [2.75, 3.05) is 0 Å². The molecular weight excluding hydrogens is 629 g/mol. The van der Waals surface area contributed by atoms with Gasteiger partial charge in [-0.15, -0.1) is 0 Å². The fourth-order valence-corrected chi connectivity index (χ4v) is 4.50. The van der Waals surface area contributed by atoms with Crippen molar-refractivity contribution in [3.05, 3.63) is 101 Å². The maximum atomic E-state index is 13.3. The third kappa shape index (κ3) is 5.70. The van der Waals surface area contributed by atoms with Gasteiger partial charge in [-0.2, -0.15) is 9.78 Å². The van der Waals surface area contributed by atoms with Gasteiger partial charge in [0.2, 0.25) is 0 Å². The average molecular weight is 651 g/mol. The molecule has 0 saturated heterocycles. The number of ether oxygens (including phenoxy) is 1. The lowest BCUT2D eigenvalue weighted by Gasteiger charge is -2.20. The summed E-state index contributed by atoms with van der Waals surface area (Å²) in [6, 6.07) is 18.9. The van der Waals surface area contributed by atoms with Crippen LogP contribution < -0.4 is 10.3 Å². The normalized spacial score (nSPS) is 11.9. The summed E-state index contributed by atoms with van der Waals surface area (Å²) in [5.41, 5.74) is 1.97. The predicted octanol–water partition coefficient (Wildman–Crippen LogP) is 7.18. The molecule has 174 valence electrons. The van der Waals surface area contributed by atoms with E-state index >= 15 is 0 Å². The smallest absolute Gasteiger partial charge is 0.282 e. The summed E-state index contributed by atoms with van der Waals surface area (Å²) >= 11 is 11.6. The number of benzene rings is 3. The lowest BCUT2D eigenvalue weighted by molar-refractivity contribution is 0.304. The van der Waals surface area contributed by atoms with Crippen molar-refractivity contribution >= 4 is 67.2 Å². The summed E-state index contributed by atoms with van der Waals surface area (Å²) in [5.74, 6) is 1.37. The fraction of sp³-hybridized carbons (Fsp3) is 0.192. The minimum absolute atomic E-state index is 0.204. The van der Waals surface area contributed by atoms with Crippen LogP contribution in [0.1, 0.15) is 37.7 Å². The second-order valence-electron chi connectivity index (χ2n) is 8.81. The molecule has 34 heavy (non-hydrogen) atoms. The van der Waals surface area contributed by atoms with Gasteiger partial charge < -0.3 is 4.74 Å². The highest BCUT2D eigenvalue weighted by Gasteiger charge is 2.22. The Morgan fingerprint density at radius 3 is 2.53 bits per heavy atom. The third-order valence-electron chi connectivity index (χ3n) is 5.06. The fourth-order valence-electron chi connectivity index (χ4n) is 3.32. The first-order valence-corrected chi connectivity index (χ1v) is 12.8. The van der Waals surface area contributed by atoms with Gasteiger partial charge in [0.25, 0.3) is 5.56 Å². The van der Waals surface area contributed by atoms with Crippen molar-refractivity contribution in [1.82, 2.24) is 9.66 Å². The molecule has 0 aliphatic heterocycles. The van der Waals surface area contributed by atoms with Crippen LogP contribution in [0.4, 0.5) is 0 Å². The van der Waals surface area contributed by atoms with E-state index in [1.165, 1.54) is 4.68 Å². The van der Waals surface area contributed by atoms with Gasteiger partial charge in [0.15, 0.2) is 0 Å². The molecule has 3 aromatic carbocycles. The Labute approximate surface area is 225 Å². The van der Waals surface area contributed by atoms with Gasteiger partial charge in [-0.25, -0.2) is 4.98 Å². The van der Waals surface area contributed by atoms with Crippen LogP contribution in [0.15, 0.2) is 75.0 Å². The summed E-state index contributed by atoms with van der Waals surface area (Å²) in [4.78, 5) is 18.0. The number of aromatic nitrogens is 2. The standard InChI is InChI=1S/C26H22BrClIN3O2/c1-26(2,3)25-31-22-10-7-18(27)13-20(22)24(33)32(25)30-14-17-6-11-23(21(29)12-17)34-15-16-4-8-19(28)9-5-16/h4-14H,15H2,1-3H3. The van der Waals surface area contributed by atoms with E-state index in [2.05, 4.69) is 43.6 Å². The number of halogens is 3. The Morgan fingerprint density at radius 1 is 1.12 bits per heavy atom. The first kappa shape index (κ1) is 24.9. The Balaban J connectivity index is 1.63. The van der Waals surface area contributed by atoms with E-state index in [1.54, 1.807) is 12.3 Å². The summed E-state index contributed by atoms with van der Waals surface area (Å²) in [6.07, 6.45) is 1.67. The lowest BCUT2D eigenvalue weighted by atomic mass is 9.95. The predicted molar refractivity (Wildman–Crippen MR) is 150 cm³/mol. The molecule has 0 N–H and O–H groups in total. The van der Waals surface area contributed by atoms with E-state index < -0.39 is 0 Å². The van der Waals surface area contributed by atoms with Crippen LogP contribution in [0.25, 0.3) is 10.9 Å². The van der Waals surface area contributed by atoms with Gasteiger partial charge >= 0.3 is 0 Å². The zero-order valence-corrected chi connectivity index (χ0v) is 23.3. The number of nitrogens with zero attached hydrogens (tertiary/aromatic N) is 3. The molecule has 0 unspecified atom stereocenters. The van der Waals surface area contributed by atoms with E-state index in [0.29, 0.717) is 28.4 Å². The number of hydrogen-bond donors (Lipinski definition) is 0. The molecule has 0 aliphatic carbocycles. The summed E-state index contributed by atoms with van der Waals surface area (Å²) < 4.78 is 9.12. The second kappa shape index (κ2) is 10.2. The van der Waals surface area contributed by atoms with Crippen molar-refractivity contribution in [3.8, 4) is 5.75 Å². The topological polar surface area (TPSA) is 56.5 Å². The molecule has 1 aromatic heterocycles. The highest BCUT2D eigenvalue weighted by molar-refractivity contribution is 14.1. The summed E-state index contributed by atoms with van der Waals surface area (Å²) in [7, 11) is 0. The van der Waals surface area contributed by atoms with Crippen molar-refractivity contribution in [2.45, 2.75) is 32.8 Å². The van der Waals surface area contributed by atoms with Crippen molar-refractivity contribution < 1.29 is 4.74 Å². The first-order valence-electron chi connectivity index (χ1n) is 10.6. The zero-order valence-electron chi connectivity index (χ0n) is 18.8. The van der Waals surface area contributed by atoms with E-state index in [1.807, 2.05) is 75.4 Å². The average Bonchev–Trinajstić information content (AvgIpc) is 2.78. The lowest BCUT2D eigenvalue weighted by Crippen LogP contribution is -2.29. The van der Waals surface area contributed by atoms with Gasteiger partial charge in [-0.1, -0.05) is 60.4 Å². The van der Waals surface area contributed by atoms with Crippen LogP contribution in [-0.2, 0) is 12.0 Å². The molecular formula is C26H22BrClIN3O2. The molecule has 0 saturated carbocycles. The van der Waals surface area contributed by atoms with Crippen molar-refractivity contribution in [3.63, 3.8) is 0 Å². The Morgan fingerprint density at radius 2 is 1.85 bits per heavy atom.